The summed E-state index contributed by atoms with van der Waals surface area (Å²) in [6, 6.07) is 43.6. The summed E-state index contributed by atoms with van der Waals surface area (Å²) in [5.74, 6) is 0.605. The zero-order valence-electron chi connectivity index (χ0n) is 62.0. The van der Waals surface area contributed by atoms with Crippen molar-refractivity contribution in [1.29, 1.82) is 0 Å². The molecule has 0 saturated heterocycles. The number of halogens is 1. The molecule has 0 radical (unpaired) electrons. The number of ketones is 1. The molecule has 546 valence electrons. The fourth-order valence-electron chi connectivity index (χ4n) is 15.7. The Morgan fingerprint density at radius 2 is 0.829 bits per heavy atom. The van der Waals surface area contributed by atoms with E-state index in [2.05, 4.69) is 137 Å². The third kappa shape index (κ3) is 16.1. The average molecular weight is 1430 g/mol. The summed E-state index contributed by atoms with van der Waals surface area (Å²) >= 11 is 6.24. The van der Waals surface area contributed by atoms with Crippen LogP contribution in [0.15, 0.2) is 164 Å². The first-order valence-electron chi connectivity index (χ1n) is 36.3. The van der Waals surface area contributed by atoms with Gasteiger partial charge in [0.1, 0.15) is 0 Å². The van der Waals surface area contributed by atoms with Gasteiger partial charge in [0.15, 0.2) is 5.78 Å². The van der Waals surface area contributed by atoms with Gasteiger partial charge in [0.05, 0.1) is 63.2 Å². The van der Waals surface area contributed by atoms with Crippen LogP contribution in [0, 0.1) is 13.8 Å². The predicted octanol–water partition coefficient (Wildman–Crippen LogP) is 12.8. The van der Waals surface area contributed by atoms with E-state index in [0.717, 1.165) is 127 Å². The SMILES string of the molecule is CC(=O)c1ccc2c(c1)c1c(n2CC(O)c2ccncc2)CCN(C)C1.CN1CCc2c(c3ccc(Cl)cc3n2CC(O)c2ccncc2)C1.COc1ccc(C(O)Cn2c3c(c4cc(C)ccc42)CN(C)CC3)cn1.Cc1ccc2c(c1)c1c(n2CC(O)c2ccc(C(=O)N(C)C)cc2)CCN(C)C1. The quantitative estimate of drug-likeness (QED) is 0.0707. The lowest BCUT2D eigenvalue weighted by atomic mass is 10.0. The molecule has 19 nitrogen and oxygen atoms in total. The number of carbonyl (C=O) groups is 2. The molecule has 0 saturated carbocycles. The third-order valence-electron chi connectivity index (χ3n) is 21.4. The lowest BCUT2D eigenvalue weighted by Crippen LogP contribution is -2.27. The molecular weight excluding hydrogens is 1340 g/mol. The second-order valence-electron chi connectivity index (χ2n) is 29.2. The normalized spacial score (nSPS) is 15.8. The summed E-state index contributed by atoms with van der Waals surface area (Å²) in [5, 5.41) is 48.9. The number of Topliss-reactive ketones (excluding diaryl/α,β-unsaturated/α-hetero) is 1. The van der Waals surface area contributed by atoms with Gasteiger partial charge in [0.2, 0.25) is 5.88 Å². The number of aliphatic hydroxyl groups excluding tert-OH is 4. The number of pyridine rings is 3. The van der Waals surface area contributed by atoms with Gasteiger partial charge in [-0.3, -0.25) is 19.6 Å². The molecule has 7 aromatic heterocycles. The van der Waals surface area contributed by atoms with Gasteiger partial charge in [-0.15, -0.1) is 0 Å². The number of aliphatic hydroxyl groups is 4. The first kappa shape index (κ1) is 73.9. The Balaban J connectivity index is 0.000000124. The molecule has 11 heterocycles. The second kappa shape index (κ2) is 32.1. The van der Waals surface area contributed by atoms with Crippen LogP contribution in [0.4, 0.5) is 0 Å². The number of nitrogens with zero attached hydrogens (tertiary/aromatic N) is 12. The molecule has 0 bridgehead atoms. The highest BCUT2D eigenvalue weighted by Gasteiger charge is 2.29. The van der Waals surface area contributed by atoms with E-state index in [4.69, 9.17) is 16.3 Å². The van der Waals surface area contributed by atoms with Gasteiger partial charge in [-0.25, -0.2) is 4.98 Å². The Labute approximate surface area is 619 Å². The van der Waals surface area contributed by atoms with Crippen LogP contribution < -0.4 is 4.74 Å². The zero-order valence-corrected chi connectivity index (χ0v) is 62.7. The van der Waals surface area contributed by atoms with Gasteiger partial charge >= 0.3 is 0 Å². The van der Waals surface area contributed by atoms with Crippen LogP contribution in [0.2, 0.25) is 5.02 Å². The van der Waals surface area contributed by atoms with E-state index in [1.807, 2.05) is 72.8 Å². The molecule has 105 heavy (non-hydrogen) atoms. The summed E-state index contributed by atoms with van der Waals surface area (Å²) in [4.78, 5) is 47.1. The highest BCUT2D eigenvalue weighted by molar-refractivity contribution is 6.31. The number of methoxy groups -OCH3 is 1. The summed E-state index contributed by atoms with van der Waals surface area (Å²) < 4.78 is 14.2. The van der Waals surface area contributed by atoms with E-state index in [0.29, 0.717) is 37.6 Å². The number of amides is 1. The van der Waals surface area contributed by atoms with E-state index in [-0.39, 0.29) is 11.7 Å². The van der Waals surface area contributed by atoms with Crippen molar-refractivity contribution in [2.75, 3.05) is 75.6 Å². The molecule has 4 atom stereocenters. The maximum Gasteiger partial charge on any atom is 0.253 e. The lowest BCUT2D eigenvalue weighted by molar-refractivity contribution is 0.0827. The van der Waals surface area contributed by atoms with Crippen molar-refractivity contribution < 1.29 is 34.8 Å². The number of likely N-dealkylation sites (N-methyl/N-ethyl adjacent to an activating group) is 4. The Kier molecular flexibility index (Phi) is 22.6. The lowest BCUT2D eigenvalue weighted by Gasteiger charge is -2.25. The Morgan fingerprint density at radius 3 is 1.23 bits per heavy atom. The molecule has 20 heteroatoms. The minimum Gasteiger partial charge on any atom is -0.481 e. The largest absolute Gasteiger partial charge is 0.481 e. The second-order valence-corrected chi connectivity index (χ2v) is 29.6. The van der Waals surface area contributed by atoms with Gasteiger partial charge < -0.3 is 67.9 Å². The maximum absolute atomic E-state index is 12.1. The van der Waals surface area contributed by atoms with E-state index in [1.165, 1.54) is 83.3 Å². The van der Waals surface area contributed by atoms with Crippen LogP contribution in [0.25, 0.3) is 43.6 Å². The monoisotopic (exact) mass is 1430 g/mol. The van der Waals surface area contributed by atoms with Gasteiger partial charge in [0, 0.05) is 212 Å². The van der Waals surface area contributed by atoms with E-state index < -0.39 is 24.4 Å². The number of hydrogen-bond acceptors (Lipinski definition) is 14. The summed E-state index contributed by atoms with van der Waals surface area (Å²) in [7, 11) is 13.7. The average Bonchev–Trinajstić information content (AvgIpc) is 1.61. The first-order valence-corrected chi connectivity index (χ1v) is 36.7. The molecule has 0 aliphatic carbocycles. The Hall–Kier alpha value is -9.38. The number of aromatic nitrogens is 7. The van der Waals surface area contributed by atoms with Gasteiger partial charge in [-0.2, -0.15) is 0 Å². The van der Waals surface area contributed by atoms with Gasteiger partial charge in [-0.05, 0) is 185 Å². The van der Waals surface area contributed by atoms with Crippen LogP contribution in [0.3, 0.4) is 0 Å². The van der Waals surface area contributed by atoms with Crippen molar-refractivity contribution in [2.45, 2.75) is 123 Å². The minimum atomic E-state index is -0.626. The number of ether oxygens (including phenoxy) is 1. The van der Waals surface area contributed by atoms with E-state index in [9.17, 15) is 30.0 Å². The van der Waals surface area contributed by atoms with Crippen molar-refractivity contribution in [3.8, 4) is 5.88 Å². The maximum atomic E-state index is 12.1. The number of hydrogen-bond donors (Lipinski definition) is 4. The van der Waals surface area contributed by atoms with Crippen LogP contribution in [-0.2, 0) is 78.0 Å². The summed E-state index contributed by atoms with van der Waals surface area (Å²) in [5.41, 5.74) is 22.6. The van der Waals surface area contributed by atoms with Crippen molar-refractivity contribution in [1.82, 2.24) is 57.7 Å². The van der Waals surface area contributed by atoms with Gasteiger partial charge in [-0.1, -0.05) is 53.1 Å². The number of rotatable bonds is 15. The Morgan fingerprint density at radius 1 is 0.457 bits per heavy atom. The molecule has 12 aromatic rings. The summed E-state index contributed by atoms with van der Waals surface area (Å²) in [6.07, 6.45) is 10.1. The zero-order chi connectivity index (χ0) is 73.9. The molecule has 4 aliphatic heterocycles. The highest BCUT2D eigenvalue weighted by Crippen LogP contribution is 2.38. The van der Waals surface area contributed by atoms with E-state index >= 15 is 0 Å². The molecule has 4 unspecified atom stereocenters. The van der Waals surface area contributed by atoms with Crippen molar-refractivity contribution >= 4 is 66.9 Å². The first-order chi connectivity index (χ1) is 50.6. The molecule has 0 spiro atoms. The molecular formula is C85H97ClN12O7. The predicted molar refractivity (Wildman–Crippen MR) is 416 cm³/mol. The smallest absolute Gasteiger partial charge is 0.253 e. The van der Waals surface area contributed by atoms with Crippen LogP contribution in [0.1, 0.15) is 130 Å². The standard InChI is InChI=1S/C24H29N3O2.C21H25N3O2.C21H23N3O2.C19H20ClN3O/c1-16-5-10-21-19(13-16)20-14-26(4)12-11-22(20)27(21)15-23(28)17-6-8-18(9-7-17)24(29)25(2)3;1-14-4-6-18-16(10-14)17-12-23(2)9-8-19(17)24(18)13-20(25)15-5-7-21(26-3)22-11-15;1-14(25)16-3-4-19-17(11-16)18-12-23(2)10-7-20(18)24(19)13-21(26)15-5-8-22-9-6-15;1-22-9-6-17-16(11-22)15-3-2-14(20)10-18(15)23(17)12-19(24)13-4-7-21-8-5-13/h5-10,13,23,28H,11-12,14-15H2,1-4H3;4-7,10-11,20,25H,8-9,12-13H2,1-3H3;3-6,8-9,11,21,26H,7,10,12-13H2,1-2H3;2-5,7-8,10,19,24H,6,9,11-12H2,1H3. The number of fused-ring (bicyclic) bond motifs is 12. The number of benzene rings is 5. The topological polar surface area (TPSA) is 199 Å². The van der Waals surface area contributed by atoms with Crippen molar-refractivity contribution in [2.24, 2.45) is 0 Å². The minimum absolute atomic E-state index is 0.0315. The number of carbonyl (C=O) groups excluding carboxylic acids is 2. The fourth-order valence-corrected chi connectivity index (χ4v) is 15.9. The highest BCUT2D eigenvalue weighted by atomic mass is 35.5. The van der Waals surface area contributed by atoms with Crippen LogP contribution >= 0.6 is 11.6 Å². The van der Waals surface area contributed by atoms with Crippen LogP contribution in [-0.4, -0.2) is 165 Å². The molecule has 16 rings (SSSR count). The Bertz CT molecular complexity index is 5090. The van der Waals surface area contributed by atoms with Crippen molar-refractivity contribution in [3.05, 3.63) is 259 Å². The van der Waals surface area contributed by atoms with Crippen molar-refractivity contribution in [3.63, 3.8) is 0 Å². The molecule has 4 N–H and O–H groups in total. The fraction of sp³-hybridized carbons (Fsp3) is 0.353. The number of aryl methyl sites for hydroxylation is 2. The van der Waals surface area contributed by atoms with Gasteiger partial charge in [0.25, 0.3) is 5.91 Å². The molecule has 1 amide bonds. The van der Waals surface area contributed by atoms with E-state index in [1.54, 1.807) is 82.2 Å². The van der Waals surface area contributed by atoms with Crippen LogP contribution in [0.5, 0.6) is 5.88 Å². The third-order valence-corrected chi connectivity index (χ3v) is 21.6. The molecule has 5 aromatic carbocycles. The molecule has 4 aliphatic rings. The molecule has 0 fully saturated rings. The summed E-state index contributed by atoms with van der Waals surface area (Å²) in [6.45, 7) is 15.7.